The van der Waals surface area contributed by atoms with Crippen LogP contribution in [-0.2, 0) is 11.6 Å². The SMILES string of the molecule is Cn1c2nc3ccccc3c-2c(Oc2ccc(C(NCCCN3CCN(CCCNc4c5ccccc5nc5ccccc45)CC3)P(=O)(Oc3ccccc3)Oc3ccccc3)cc2)c2ccccc21. The van der Waals surface area contributed by atoms with Gasteiger partial charge in [-0.1, -0.05) is 115 Å². The van der Waals surface area contributed by atoms with E-state index in [2.05, 4.69) is 79.6 Å². The summed E-state index contributed by atoms with van der Waals surface area (Å²) in [7, 11) is -1.95. The summed E-state index contributed by atoms with van der Waals surface area (Å²) in [6.07, 6.45) is 1.90. The summed E-state index contributed by atoms with van der Waals surface area (Å²) >= 11 is 0. The fraction of sp³-hybridized carbons (Fsp3) is 0.207. The molecule has 1 saturated heterocycles. The molecule has 0 radical (unpaired) electrons. The zero-order chi connectivity index (χ0) is 47.3. The van der Waals surface area contributed by atoms with Crippen molar-refractivity contribution in [3.63, 3.8) is 0 Å². The molecule has 0 saturated carbocycles. The Balaban J connectivity index is 0.775. The number of fused-ring (bicyclic) bond motifs is 6. The molecule has 2 N–H and O–H groups in total. The Morgan fingerprint density at radius 3 is 1.64 bits per heavy atom. The van der Waals surface area contributed by atoms with Crippen molar-refractivity contribution in [2.75, 3.05) is 57.7 Å². The summed E-state index contributed by atoms with van der Waals surface area (Å²) in [6, 6.07) is 59.5. The maximum atomic E-state index is 15.5. The number of aryl methyl sites for hydroxylation is 1. The van der Waals surface area contributed by atoms with E-state index < -0.39 is 13.4 Å². The van der Waals surface area contributed by atoms with Crippen molar-refractivity contribution in [1.29, 1.82) is 0 Å². The van der Waals surface area contributed by atoms with E-state index in [0.717, 1.165) is 125 Å². The minimum atomic E-state index is -4.00. The topological polar surface area (TPSA) is 106 Å². The molecule has 1 unspecified atom stereocenters. The highest BCUT2D eigenvalue weighted by atomic mass is 31.2. The van der Waals surface area contributed by atoms with Gasteiger partial charge in [-0.15, -0.1) is 0 Å². The molecule has 1 fully saturated rings. The third-order valence-corrected chi connectivity index (χ3v) is 15.4. The zero-order valence-corrected chi connectivity index (χ0v) is 40.2. The monoisotopic (exact) mass is 945 g/mol. The average molecular weight is 946 g/mol. The maximum Gasteiger partial charge on any atom is 0.452 e. The molecule has 1 atom stereocenters. The average Bonchev–Trinajstić information content (AvgIpc) is 3.80. The number of ether oxygens (including phenoxy) is 1. The zero-order valence-electron chi connectivity index (χ0n) is 39.3. The Morgan fingerprint density at radius 1 is 0.543 bits per heavy atom. The molecule has 0 spiro atoms. The van der Waals surface area contributed by atoms with Crippen molar-refractivity contribution in [1.82, 2.24) is 29.7 Å². The summed E-state index contributed by atoms with van der Waals surface area (Å²) in [5.74, 6) is 2.36. The number of anilines is 1. The molecule has 0 amide bonds. The first kappa shape index (κ1) is 45.2. The second-order valence-electron chi connectivity index (χ2n) is 17.9. The minimum Gasteiger partial charge on any atom is -0.456 e. The number of para-hydroxylation sites is 6. The number of aromatic nitrogens is 3. The van der Waals surface area contributed by atoms with Gasteiger partial charge >= 0.3 is 7.60 Å². The lowest BCUT2D eigenvalue weighted by Gasteiger charge is -2.35. The van der Waals surface area contributed by atoms with Crippen LogP contribution in [0.25, 0.3) is 55.0 Å². The first-order valence-electron chi connectivity index (χ1n) is 24.3. The van der Waals surface area contributed by atoms with Crippen molar-refractivity contribution >= 4 is 56.9 Å². The largest absolute Gasteiger partial charge is 0.456 e. The lowest BCUT2D eigenvalue weighted by atomic mass is 10.1. The fourth-order valence-electron chi connectivity index (χ4n) is 9.81. The molecule has 11 nitrogen and oxygen atoms in total. The van der Waals surface area contributed by atoms with Crippen LogP contribution in [0.4, 0.5) is 5.69 Å². The molecule has 4 heterocycles. The number of piperazine rings is 1. The Labute approximate surface area is 408 Å². The summed E-state index contributed by atoms with van der Waals surface area (Å²) < 4.78 is 37.4. The first-order valence-corrected chi connectivity index (χ1v) is 25.9. The van der Waals surface area contributed by atoms with Crippen molar-refractivity contribution in [3.05, 3.63) is 188 Å². The molecule has 0 aliphatic carbocycles. The predicted octanol–water partition coefficient (Wildman–Crippen LogP) is 12.8. The van der Waals surface area contributed by atoms with E-state index in [1.54, 1.807) is 0 Å². The summed E-state index contributed by atoms with van der Waals surface area (Å²) in [4.78, 5) is 15.0. The second-order valence-corrected chi connectivity index (χ2v) is 19.9. The van der Waals surface area contributed by atoms with Gasteiger partial charge in [-0.2, -0.15) is 0 Å². The van der Waals surface area contributed by atoms with E-state index in [1.165, 1.54) is 5.69 Å². The fourth-order valence-corrected chi connectivity index (χ4v) is 11.8. The van der Waals surface area contributed by atoms with Crippen LogP contribution in [0.5, 0.6) is 23.0 Å². The van der Waals surface area contributed by atoms with Crippen LogP contribution in [0.1, 0.15) is 24.2 Å². The van der Waals surface area contributed by atoms with E-state index in [0.29, 0.717) is 23.8 Å². The van der Waals surface area contributed by atoms with Crippen molar-refractivity contribution in [2.24, 2.45) is 7.05 Å². The number of rotatable bonds is 18. The van der Waals surface area contributed by atoms with Crippen LogP contribution >= 0.6 is 7.60 Å². The van der Waals surface area contributed by atoms with Gasteiger partial charge in [-0.05, 0) is 105 Å². The van der Waals surface area contributed by atoms with Gasteiger partial charge in [0.05, 0.1) is 33.3 Å². The molecule has 3 aliphatic heterocycles. The number of hydrogen-bond acceptors (Lipinski definition) is 10. The van der Waals surface area contributed by atoms with E-state index in [-0.39, 0.29) is 0 Å². The van der Waals surface area contributed by atoms with Crippen molar-refractivity contribution in [3.8, 4) is 34.4 Å². The third-order valence-electron chi connectivity index (χ3n) is 13.4. The molecule has 8 aromatic rings. The van der Waals surface area contributed by atoms with Crippen LogP contribution in [0.3, 0.4) is 0 Å². The third kappa shape index (κ3) is 9.54. The standard InChI is InChI=1S/C58H56N7O4P/c1-63-53-29-15-11-25-49(53)56(54-46-22-8-12-26-50(46)62-57(54)63)67-43-32-30-42(31-33-43)58(70(66,68-44-18-4-2-5-19-44)69-45-20-6-3-7-21-45)60-35-17-37-65-40-38-64(39-41-65)36-16-34-59-55-47-23-9-13-27-51(47)61-52-28-14-10-24-48(52)55/h2-15,18-33,58,60H,16-17,34-41H2,1H3,(H,59,61). The predicted molar refractivity (Wildman–Crippen MR) is 284 cm³/mol. The highest BCUT2D eigenvalue weighted by Crippen LogP contribution is 2.59. The van der Waals surface area contributed by atoms with Gasteiger partial charge in [-0.25, -0.2) is 14.5 Å². The highest BCUT2D eigenvalue weighted by molar-refractivity contribution is 7.55. The smallest absolute Gasteiger partial charge is 0.452 e. The molecular formula is C58H56N7O4P. The number of benzene rings is 7. The Bertz CT molecular complexity index is 3300. The van der Waals surface area contributed by atoms with Crippen LogP contribution in [0, 0.1) is 0 Å². The van der Waals surface area contributed by atoms with Crippen molar-refractivity contribution in [2.45, 2.75) is 18.6 Å². The van der Waals surface area contributed by atoms with Crippen LogP contribution < -0.4 is 24.4 Å². The van der Waals surface area contributed by atoms with Crippen LogP contribution in [0.15, 0.2) is 182 Å². The van der Waals surface area contributed by atoms with Gasteiger partial charge in [0, 0.05) is 61.3 Å². The number of hydrogen-bond donors (Lipinski definition) is 2. The van der Waals surface area contributed by atoms with E-state index in [9.17, 15) is 0 Å². The van der Waals surface area contributed by atoms with Crippen LogP contribution in [-0.4, -0.2) is 76.7 Å². The molecule has 70 heavy (non-hydrogen) atoms. The Hall–Kier alpha value is -7.27. The summed E-state index contributed by atoms with van der Waals surface area (Å²) in [5.41, 5.74) is 6.83. The summed E-state index contributed by atoms with van der Waals surface area (Å²) in [5, 5.41) is 11.8. The molecule has 352 valence electrons. The van der Waals surface area contributed by atoms with Gasteiger partial charge in [0.25, 0.3) is 0 Å². The molecule has 3 aliphatic rings. The van der Waals surface area contributed by atoms with E-state index in [1.807, 2.05) is 134 Å². The van der Waals surface area contributed by atoms with Crippen molar-refractivity contribution < 1.29 is 18.3 Å². The second kappa shape index (κ2) is 20.4. The number of pyridine rings is 2. The van der Waals surface area contributed by atoms with Gasteiger partial charge in [0.2, 0.25) is 0 Å². The molecule has 1 aromatic heterocycles. The van der Waals surface area contributed by atoms with Gasteiger partial charge < -0.3 is 33.5 Å². The number of nitrogens with zero attached hydrogens (tertiary/aromatic N) is 5. The highest BCUT2D eigenvalue weighted by Gasteiger charge is 2.41. The van der Waals surface area contributed by atoms with E-state index >= 15 is 4.57 Å². The maximum absolute atomic E-state index is 15.5. The normalized spacial score (nSPS) is 14.1. The molecular weight excluding hydrogens is 890 g/mol. The molecule has 0 bridgehead atoms. The Morgan fingerprint density at radius 2 is 1.04 bits per heavy atom. The lowest BCUT2D eigenvalue weighted by molar-refractivity contribution is 0.131. The van der Waals surface area contributed by atoms with Gasteiger partial charge in [0.1, 0.15) is 28.8 Å². The molecule has 11 rings (SSSR count). The van der Waals surface area contributed by atoms with Gasteiger partial charge in [-0.3, -0.25) is 5.32 Å². The Kier molecular flexibility index (Phi) is 13.1. The summed E-state index contributed by atoms with van der Waals surface area (Å²) in [6.45, 7) is 7.50. The van der Waals surface area contributed by atoms with Crippen LogP contribution in [0.2, 0.25) is 0 Å². The number of nitrogens with one attached hydrogen (secondary N) is 2. The van der Waals surface area contributed by atoms with E-state index in [4.69, 9.17) is 23.8 Å². The quantitative estimate of drug-likeness (QED) is 0.0491. The molecule has 7 aromatic carbocycles. The lowest BCUT2D eigenvalue weighted by Crippen LogP contribution is -2.47. The van der Waals surface area contributed by atoms with Gasteiger partial charge in [0.15, 0.2) is 5.78 Å². The minimum absolute atomic E-state index is 0.463. The molecule has 12 heteroatoms. The first-order chi connectivity index (χ1) is 34.5.